The monoisotopic (exact) mass is 328 g/mol. The third-order valence-electron chi connectivity index (χ3n) is 4.31. The van der Waals surface area contributed by atoms with Gasteiger partial charge in [-0.15, -0.1) is 0 Å². The first-order valence-corrected chi connectivity index (χ1v) is 7.75. The van der Waals surface area contributed by atoms with E-state index in [1.807, 2.05) is 11.8 Å². The molecule has 1 saturated heterocycles. The standard InChI is InChI=1S/C15H21ClN2O4/c1-2-6-15(9-19)8-18(7-5-11(15)20)12-4-3-10(16)13(17-12)14(21)22/h3-4,11,19-20H,2,5-9H2,1H3,(H,21,22)/t11-,15+/m1/s1. The van der Waals surface area contributed by atoms with Crippen LogP contribution in [0.2, 0.25) is 5.02 Å². The van der Waals surface area contributed by atoms with Crippen LogP contribution in [-0.4, -0.2) is 52.1 Å². The maximum atomic E-state index is 11.1. The summed E-state index contributed by atoms with van der Waals surface area (Å²) in [5, 5.41) is 29.3. The van der Waals surface area contributed by atoms with Crippen LogP contribution in [0.5, 0.6) is 0 Å². The zero-order valence-corrected chi connectivity index (χ0v) is 13.3. The summed E-state index contributed by atoms with van der Waals surface area (Å²) in [5.41, 5.74) is -0.784. The minimum absolute atomic E-state index is 0.0928. The first kappa shape index (κ1) is 17.0. The Morgan fingerprint density at radius 1 is 1.55 bits per heavy atom. The number of aromatic carboxylic acids is 1. The van der Waals surface area contributed by atoms with Crippen molar-refractivity contribution in [3.63, 3.8) is 0 Å². The zero-order chi connectivity index (χ0) is 16.3. The van der Waals surface area contributed by atoms with Crippen LogP contribution in [-0.2, 0) is 0 Å². The molecule has 0 spiro atoms. The van der Waals surface area contributed by atoms with Crippen LogP contribution in [0.1, 0.15) is 36.7 Å². The molecular formula is C15H21ClN2O4. The normalized spacial score (nSPS) is 25.3. The van der Waals surface area contributed by atoms with Crippen molar-refractivity contribution in [2.45, 2.75) is 32.3 Å². The van der Waals surface area contributed by atoms with Gasteiger partial charge in [0.1, 0.15) is 5.82 Å². The van der Waals surface area contributed by atoms with Gasteiger partial charge in [0.25, 0.3) is 0 Å². The van der Waals surface area contributed by atoms with E-state index in [2.05, 4.69) is 4.98 Å². The Hall–Kier alpha value is -1.37. The third-order valence-corrected chi connectivity index (χ3v) is 4.61. The summed E-state index contributed by atoms with van der Waals surface area (Å²) in [6.45, 7) is 2.89. The number of hydrogen-bond donors (Lipinski definition) is 3. The summed E-state index contributed by atoms with van der Waals surface area (Å²) in [6, 6.07) is 3.18. The van der Waals surface area contributed by atoms with Gasteiger partial charge >= 0.3 is 5.97 Å². The van der Waals surface area contributed by atoms with Gasteiger partial charge in [0.05, 0.1) is 17.7 Å². The molecule has 1 fully saturated rings. The molecule has 1 aromatic heterocycles. The van der Waals surface area contributed by atoms with Crippen LogP contribution in [0.3, 0.4) is 0 Å². The number of carboxylic acid groups (broad SMARTS) is 1. The molecule has 22 heavy (non-hydrogen) atoms. The number of rotatable bonds is 5. The molecule has 2 rings (SSSR count). The minimum Gasteiger partial charge on any atom is -0.476 e. The molecule has 7 heteroatoms. The van der Waals surface area contributed by atoms with Crippen molar-refractivity contribution in [2.24, 2.45) is 5.41 Å². The van der Waals surface area contributed by atoms with Crippen molar-refractivity contribution in [1.29, 1.82) is 0 Å². The Bertz CT molecular complexity index is 554. The molecule has 0 radical (unpaired) electrons. The molecular weight excluding hydrogens is 308 g/mol. The molecule has 3 N–H and O–H groups in total. The number of aliphatic hydroxyl groups excluding tert-OH is 2. The number of pyridine rings is 1. The highest BCUT2D eigenvalue weighted by Gasteiger charge is 2.42. The van der Waals surface area contributed by atoms with Gasteiger partial charge in [-0.05, 0) is 25.0 Å². The van der Waals surface area contributed by atoms with Crippen LogP contribution in [0, 0.1) is 5.41 Å². The summed E-state index contributed by atoms with van der Waals surface area (Å²) in [6.07, 6.45) is 1.48. The zero-order valence-electron chi connectivity index (χ0n) is 12.5. The molecule has 1 aliphatic heterocycles. The molecule has 0 bridgehead atoms. The Kier molecular flexibility index (Phi) is 5.26. The summed E-state index contributed by atoms with van der Waals surface area (Å²) >= 11 is 5.84. The van der Waals surface area contributed by atoms with Crippen LogP contribution in [0.15, 0.2) is 12.1 Å². The highest BCUT2D eigenvalue weighted by atomic mass is 35.5. The largest absolute Gasteiger partial charge is 0.476 e. The SMILES string of the molecule is CCC[C@@]1(CO)CN(c2ccc(Cl)c(C(=O)O)n2)CC[C@H]1O. The average Bonchev–Trinajstić information content (AvgIpc) is 2.50. The number of piperidine rings is 1. The van der Waals surface area contributed by atoms with E-state index in [0.29, 0.717) is 31.7 Å². The Morgan fingerprint density at radius 3 is 2.86 bits per heavy atom. The molecule has 122 valence electrons. The van der Waals surface area contributed by atoms with Crippen molar-refractivity contribution in [3.8, 4) is 0 Å². The number of aromatic nitrogens is 1. The first-order valence-electron chi connectivity index (χ1n) is 7.37. The van der Waals surface area contributed by atoms with Crippen molar-refractivity contribution in [2.75, 3.05) is 24.6 Å². The van der Waals surface area contributed by atoms with Gasteiger partial charge in [0, 0.05) is 18.5 Å². The van der Waals surface area contributed by atoms with Crippen LogP contribution < -0.4 is 4.90 Å². The summed E-state index contributed by atoms with van der Waals surface area (Å²) in [5.74, 6) is -0.673. The fourth-order valence-electron chi connectivity index (χ4n) is 3.08. The van der Waals surface area contributed by atoms with E-state index in [-0.39, 0.29) is 17.3 Å². The van der Waals surface area contributed by atoms with Crippen LogP contribution in [0.4, 0.5) is 5.82 Å². The third kappa shape index (κ3) is 3.19. The first-order chi connectivity index (χ1) is 10.4. The molecule has 0 aromatic carbocycles. The Morgan fingerprint density at radius 2 is 2.27 bits per heavy atom. The van der Waals surface area contributed by atoms with Gasteiger partial charge in [-0.2, -0.15) is 0 Å². The lowest BCUT2D eigenvalue weighted by Gasteiger charge is -2.45. The summed E-state index contributed by atoms with van der Waals surface area (Å²) in [7, 11) is 0. The molecule has 0 unspecified atom stereocenters. The van der Waals surface area contributed by atoms with Gasteiger partial charge in [-0.25, -0.2) is 9.78 Å². The van der Waals surface area contributed by atoms with Gasteiger partial charge in [0.15, 0.2) is 5.69 Å². The van der Waals surface area contributed by atoms with E-state index in [0.717, 1.165) is 6.42 Å². The Labute approximate surface area is 134 Å². The number of anilines is 1. The molecule has 1 aromatic rings. The minimum atomic E-state index is -1.18. The average molecular weight is 329 g/mol. The van der Waals surface area contributed by atoms with E-state index < -0.39 is 17.5 Å². The maximum absolute atomic E-state index is 11.1. The molecule has 0 amide bonds. The Balaban J connectivity index is 2.30. The van der Waals surface area contributed by atoms with Gasteiger partial charge in [0.2, 0.25) is 0 Å². The van der Waals surface area contributed by atoms with E-state index in [1.54, 1.807) is 6.07 Å². The van der Waals surface area contributed by atoms with Gasteiger partial charge in [-0.3, -0.25) is 0 Å². The highest BCUT2D eigenvalue weighted by Crippen LogP contribution is 2.36. The van der Waals surface area contributed by atoms with Crippen molar-refractivity contribution >= 4 is 23.4 Å². The molecule has 1 aliphatic rings. The van der Waals surface area contributed by atoms with Crippen molar-refractivity contribution < 1.29 is 20.1 Å². The maximum Gasteiger partial charge on any atom is 0.356 e. The number of carbonyl (C=O) groups is 1. The van der Waals surface area contributed by atoms with E-state index in [1.165, 1.54) is 6.07 Å². The molecule has 0 aliphatic carbocycles. The second-order valence-corrected chi connectivity index (χ2v) is 6.21. The molecule has 6 nitrogen and oxygen atoms in total. The molecule has 0 saturated carbocycles. The van der Waals surface area contributed by atoms with Crippen molar-refractivity contribution in [1.82, 2.24) is 4.98 Å². The van der Waals surface area contributed by atoms with E-state index >= 15 is 0 Å². The predicted molar refractivity (Wildman–Crippen MR) is 83.5 cm³/mol. The highest BCUT2D eigenvalue weighted by molar-refractivity contribution is 6.33. The number of nitrogens with zero attached hydrogens (tertiary/aromatic N) is 2. The fourth-order valence-corrected chi connectivity index (χ4v) is 3.27. The smallest absolute Gasteiger partial charge is 0.356 e. The summed E-state index contributed by atoms with van der Waals surface area (Å²) < 4.78 is 0. The lowest BCUT2D eigenvalue weighted by molar-refractivity contribution is -0.0353. The lowest BCUT2D eigenvalue weighted by atomic mass is 9.74. The molecule has 2 atom stereocenters. The fraction of sp³-hybridized carbons (Fsp3) is 0.600. The second kappa shape index (κ2) is 6.81. The number of carboxylic acids is 1. The van der Waals surface area contributed by atoms with E-state index in [9.17, 15) is 15.0 Å². The van der Waals surface area contributed by atoms with Gasteiger partial charge in [-0.1, -0.05) is 24.9 Å². The van der Waals surface area contributed by atoms with Gasteiger partial charge < -0.3 is 20.2 Å². The molecule has 2 heterocycles. The lowest BCUT2D eigenvalue weighted by Crippen LogP contribution is -2.54. The number of aliphatic hydroxyl groups is 2. The van der Waals surface area contributed by atoms with Crippen LogP contribution >= 0.6 is 11.6 Å². The summed E-state index contributed by atoms with van der Waals surface area (Å²) in [4.78, 5) is 17.2. The van der Waals surface area contributed by atoms with E-state index in [4.69, 9.17) is 16.7 Å². The quantitative estimate of drug-likeness (QED) is 0.763. The predicted octanol–water partition coefficient (Wildman–Crippen LogP) is 1.78. The number of hydrogen-bond acceptors (Lipinski definition) is 5. The van der Waals surface area contributed by atoms with Crippen molar-refractivity contribution in [3.05, 3.63) is 22.8 Å². The topological polar surface area (TPSA) is 93.9 Å². The van der Waals surface area contributed by atoms with Crippen LogP contribution in [0.25, 0.3) is 0 Å². The second-order valence-electron chi connectivity index (χ2n) is 5.80. The number of halogens is 1.